The fraction of sp³-hybridized carbons (Fsp3) is 0.889. The average molecular weight is 249 g/mol. The van der Waals surface area contributed by atoms with Crippen LogP contribution in [-0.4, -0.2) is 57.3 Å². The summed E-state index contributed by atoms with van der Waals surface area (Å²) in [6, 6.07) is 0. The molecular formula is C9H19N3O3S. The minimum absolute atomic E-state index is 0.148. The SMILES string of the molecule is CN(C)S(=O)(=O)NCC(=O)N1CCCCC1. The quantitative estimate of drug-likeness (QED) is 0.723. The van der Waals surface area contributed by atoms with Crippen molar-refractivity contribution in [1.29, 1.82) is 0 Å². The van der Waals surface area contributed by atoms with Crippen LogP contribution in [0.2, 0.25) is 0 Å². The molecule has 0 aliphatic carbocycles. The van der Waals surface area contributed by atoms with Gasteiger partial charge in [0.15, 0.2) is 0 Å². The van der Waals surface area contributed by atoms with Crippen molar-refractivity contribution in [3.05, 3.63) is 0 Å². The Morgan fingerprint density at radius 3 is 2.31 bits per heavy atom. The van der Waals surface area contributed by atoms with Crippen LogP contribution in [0.5, 0.6) is 0 Å². The van der Waals surface area contributed by atoms with Crippen molar-refractivity contribution in [3.8, 4) is 0 Å². The van der Waals surface area contributed by atoms with Crippen LogP contribution in [0.25, 0.3) is 0 Å². The Bertz CT molecular complexity index is 334. The van der Waals surface area contributed by atoms with Gasteiger partial charge in [-0.25, -0.2) is 0 Å². The maximum Gasteiger partial charge on any atom is 0.279 e. The number of hydrogen-bond donors (Lipinski definition) is 1. The number of hydrogen-bond acceptors (Lipinski definition) is 3. The summed E-state index contributed by atoms with van der Waals surface area (Å²) in [5, 5.41) is 0. The van der Waals surface area contributed by atoms with Crippen molar-refractivity contribution in [2.75, 3.05) is 33.7 Å². The number of likely N-dealkylation sites (tertiary alicyclic amines) is 1. The lowest BCUT2D eigenvalue weighted by atomic mass is 10.1. The molecule has 1 fully saturated rings. The molecule has 0 bridgehead atoms. The van der Waals surface area contributed by atoms with E-state index in [1.54, 1.807) is 4.90 Å². The lowest BCUT2D eigenvalue weighted by Gasteiger charge is -2.26. The van der Waals surface area contributed by atoms with Gasteiger partial charge in [0.25, 0.3) is 10.2 Å². The van der Waals surface area contributed by atoms with Crippen LogP contribution in [0.15, 0.2) is 0 Å². The Balaban J connectivity index is 2.40. The number of nitrogens with one attached hydrogen (secondary N) is 1. The number of amides is 1. The first-order valence-electron chi connectivity index (χ1n) is 5.38. The van der Waals surface area contributed by atoms with Crippen molar-refractivity contribution in [2.45, 2.75) is 19.3 Å². The first-order chi connectivity index (χ1) is 7.43. The van der Waals surface area contributed by atoms with Gasteiger partial charge in [0.2, 0.25) is 5.91 Å². The van der Waals surface area contributed by atoms with E-state index >= 15 is 0 Å². The van der Waals surface area contributed by atoms with Gasteiger partial charge >= 0.3 is 0 Å². The van der Waals surface area contributed by atoms with Crippen molar-refractivity contribution in [1.82, 2.24) is 13.9 Å². The highest BCUT2D eigenvalue weighted by Gasteiger charge is 2.19. The van der Waals surface area contributed by atoms with E-state index in [1.807, 2.05) is 0 Å². The number of carbonyl (C=O) groups is 1. The Morgan fingerprint density at radius 1 is 1.25 bits per heavy atom. The van der Waals surface area contributed by atoms with E-state index in [9.17, 15) is 13.2 Å². The number of piperidine rings is 1. The molecule has 0 atom stereocenters. The summed E-state index contributed by atoms with van der Waals surface area (Å²) in [4.78, 5) is 13.4. The topological polar surface area (TPSA) is 69.7 Å². The summed E-state index contributed by atoms with van der Waals surface area (Å²) in [5.74, 6) is -0.148. The molecule has 1 amide bonds. The van der Waals surface area contributed by atoms with Gasteiger partial charge in [-0.3, -0.25) is 4.79 Å². The molecule has 0 radical (unpaired) electrons. The highest BCUT2D eigenvalue weighted by Crippen LogP contribution is 2.08. The van der Waals surface area contributed by atoms with E-state index in [-0.39, 0.29) is 12.5 Å². The second kappa shape index (κ2) is 5.60. The zero-order chi connectivity index (χ0) is 12.2. The largest absolute Gasteiger partial charge is 0.342 e. The fourth-order valence-electron chi connectivity index (χ4n) is 1.54. The van der Waals surface area contributed by atoms with Gasteiger partial charge < -0.3 is 4.90 Å². The molecule has 7 heteroatoms. The lowest BCUT2D eigenvalue weighted by molar-refractivity contribution is -0.130. The molecular weight excluding hydrogens is 230 g/mol. The zero-order valence-corrected chi connectivity index (χ0v) is 10.6. The van der Waals surface area contributed by atoms with Crippen molar-refractivity contribution >= 4 is 16.1 Å². The first kappa shape index (κ1) is 13.4. The van der Waals surface area contributed by atoms with Crippen LogP contribution < -0.4 is 4.72 Å². The Kier molecular flexibility index (Phi) is 4.69. The van der Waals surface area contributed by atoms with Gasteiger partial charge in [0, 0.05) is 27.2 Å². The monoisotopic (exact) mass is 249 g/mol. The Labute approximate surface area is 96.8 Å². The average Bonchev–Trinajstić information content (AvgIpc) is 2.27. The fourth-order valence-corrected chi connectivity index (χ4v) is 2.10. The Morgan fingerprint density at radius 2 is 1.81 bits per heavy atom. The zero-order valence-electron chi connectivity index (χ0n) is 9.77. The second-order valence-electron chi connectivity index (χ2n) is 4.05. The van der Waals surface area contributed by atoms with E-state index in [0.29, 0.717) is 0 Å². The number of carbonyl (C=O) groups excluding carboxylic acids is 1. The summed E-state index contributed by atoms with van der Waals surface area (Å²) < 4.78 is 26.0. The van der Waals surface area contributed by atoms with E-state index in [1.165, 1.54) is 14.1 Å². The van der Waals surface area contributed by atoms with Gasteiger partial charge in [0.05, 0.1) is 6.54 Å². The molecule has 0 aromatic carbocycles. The third-order valence-corrected chi connectivity index (χ3v) is 4.07. The van der Waals surface area contributed by atoms with Crippen molar-refractivity contribution in [3.63, 3.8) is 0 Å². The van der Waals surface area contributed by atoms with E-state index in [0.717, 1.165) is 36.7 Å². The summed E-state index contributed by atoms with van der Waals surface area (Å²) in [6.07, 6.45) is 3.16. The molecule has 94 valence electrons. The highest BCUT2D eigenvalue weighted by molar-refractivity contribution is 7.87. The molecule has 0 unspecified atom stereocenters. The summed E-state index contributed by atoms with van der Waals surface area (Å²) in [5.41, 5.74) is 0. The van der Waals surface area contributed by atoms with Crippen LogP contribution in [0.3, 0.4) is 0 Å². The van der Waals surface area contributed by atoms with Crippen molar-refractivity contribution < 1.29 is 13.2 Å². The smallest absolute Gasteiger partial charge is 0.279 e. The van der Waals surface area contributed by atoms with E-state index < -0.39 is 10.2 Å². The first-order valence-corrected chi connectivity index (χ1v) is 6.82. The van der Waals surface area contributed by atoms with Crippen LogP contribution in [-0.2, 0) is 15.0 Å². The molecule has 6 nitrogen and oxygen atoms in total. The minimum atomic E-state index is -3.50. The molecule has 1 heterocycles. The van der Waals surface area contributed by atoms with Crippen molar-refractivity contribution in [2.24, 2.45) is 0 Å². The molecule has 0 aromatic heterocycles. The number of nitrogens with zero attached hydrogens (tertiary/aromatic N) is 2. The minimum Gasteiger partial charge on any atom is -0.342 e. The predicted octanol–water partition coefficient (Wildman–Crippen LogP) is -0.605. The summed E-state index contributed by atoms with van der Waals surface area (Å²) in [6.45, 7) is 1.32. The normalized spacial score (nSPS) is 17.8. The highest BCUT2D eigenvalue weighted by atomic mass is 32.2. The third-order valence-electron chi connectivity index (χ3n) is 2.60. The number of rotatable bonds is 4. The molecule has 1 aliphatic heterocycles. The molecule has 1 aliphatic rings. The van der Waals surface area contributed by atoms with Crippen LogP contribution >= 0.6 is 0 Å². The van der Waals surface area contributed by atoms with Crippen LogP contribution in [0.4, 0.5) is 0 Å². The molecule has 1 N–H and O–H groups in total. The summed E-state index contributed by atoms with van der Waals surface area (Å²) >= 11 is 0. The molecule has 0 aromatic rings. The molecule has 1 rings (SSSR count). The molecule has 1 saturated heterocycles. The molecule has 0 saturated carbocycles. The van der Waals surface area contributed by atoms with E-state index in [2.05, 4.69) is 4.72 Å². The molecule has 0 spiro atoms. The standard InChI is InChI=1S/C9H19N3O3S/c1-11(2)16(14,15)10-8-9(13)12-6-4-3-5-7-12/h10H,3-8H2,1-2H3. The van der Waals surface area contributed by atoms with E-state index in [4.69, 9.17) is 0 Å². The Hall–Kier alpha value is -0.660. The van der Waals surface area contributed by atoms with Gasteiger partial charge in [-0.05, 0) is 19.3 Å². The predicted molar refractivity (Wildman–Crippen MR) is 61.0 cm³/mol. The summed E-state index contributed by atoms with van der Waals surface area (Å²) in [7, 11) is -0.647. The van der Waals surface area contributed by atoms with Gasteiger partial charge in [-0.2, -0.15) is 17.4 Å². The van der Waals surface area contributed by atoms with Gasteiger partial charge in [0.1, 0.15) is 0 Å². The second-order valence-corrected chi connectivity index (χ2v) is 6.02. The molecule has 16 heavy (non-hydrogen) atoms. The van der Waals surface area contributed by atoms with Crippen LogP contribution in [0.1, 0.15) is 19.3 Å². The van der Waals surface area contributed by atoms with Crippen LogP contribution in [0, 0.1) is 0 Å². The van der Waals surface area contributed by atoms with Gasteiger partial charge in [-0.1, -0.05) is 0 Å². The maximum atomic E-state index is 11.6. The lowest BCUT2D eigenvalue weighted by Crippen LogP contribution is -2.45. The maximum absolute atomic E-state index is 11.6. The van der Waals surface area contributed by atoms with Gasteiger partial charge in [-0.15, -0.1) is 0 Å². The third kappa shape index (κ3) is 3.73.